The number of hydrogen-bond donors (Lipinski definition) is 0. The summed E-state index contributed by atoms with van der Waals surface area (Å²) in [6.07, 6.45) is 0. The number of methoxy groups -OCH3 is 1. The SMILES string of the molecule is COc1ccc2nnn(CCl)c2c1. The number of ether oxygens (including phenoxy) is 1. The van der Waals surface area contributed by atoms with Crippen molar-refractivity contribution in [2.75, 3.05) is 7.11 Å². The number of aromatic nitrogens is 3. The Hall–Kier alpha value is -1.29. The van der Waals surface area contributed by atoms with E-state index < -0.39 is 0 Å². The van der Waals surface area contributed by atoms with Crippen molar-refractivity contribution >= 4 is 22.6 Å². The van der Waals surface area contributed by atoms with Crippen LogP contribution in [0.3, 0.4) is 0 Å². The van der Waals surface area contributed by atoms with Gasteiger partial charge in [0.05, 0.1) is 12.6 Å². The van der Waals surface area contributed by atoms with Gasteiger partial charge >= 0.3 is 0 Å². The summed E-state index contributed by atoms with van der Waals surface area (Å²) >= 11 is 5.66. The summed E-state index contributed by atoms with van der Waals surface area (Å²) in [6.45, 7) is 0. The van der Waals surface area contributed by atoms with Gasteiger partial charge in [0.2, 0.25) is 0 Å². The maximum Gasteiger partial charge on any atom is 0.121 e. The fraction of sp³-hybridized carbons (Fsp3) is 0.250. The Labute approximate surface area is 80.1 Å². The van der Waals surface area contributed by atoms with E-state index in [0.29, 0.717) is 6.00 Å². The van der Waals surface area contributed by atoms with Crippen LogP contribution in [0.1, 0.15) is 0 Å². The van der Waals surface area contributed by atoms with Crippen molar-refractivity contribution in [2.24, 2.45) is 0 Å². The lowest BCUT2D eigenvalue weighted by atomic mass is 10.3. The summed E-state index contributed by atoms with van der Waals surface area (Å²) in [5.74, 6) is 0.779. The molecule has 0 N–H and O–H groups in total. The lowest BCUT2D eigenvalue weighted by Gasteiger charge is -1.99. The van der Waals surface area contributed by atoms with E-state index in [2.05, 4.69) is 10.3 Å². The lowest BCUT2D eigenvalue weighted by molar-refractivity contribution is 0.415. The standard InChI is InChI=1S/C8H8ClN3O/c1-13-6-2-3-7-8(4-6)12(5-9)11-10-7/h2-4H,5H2,1H3. The number of rotatable bonds is 2. The second kappa shape index (κ2) is 3.22. The van der Waals surface area contributed by atoms with Crippen molar-refractivity contribution in [3.8, 4) is 5.75 Å². The first-order valence-corrected chi connectivity index (χ1v) is 4.32. The highest BCUT2D eigenvalue weighted by atomic mass is 35.5. The third-order valence-electron chi connectivity index (χ3n) is 1.83. The number of alkyl halides is 1. The van der Waals surface area contributed by atoms with E-state index in [1.807, 2.05) is 18.2 Å². The summed E-state index contributed by atoms with van der Waals surface area (Å²) in [5.41, 5.74) is 1.70. The molecule has 0 bridgehead atoms. The maximum atomic E-state index is 5.66. The number of nitrogens with zero attached hydrogens (tertiary/aromatic N) is 3. The highest BCUT2D eigenvalue weighted by Gasteiger charge is 2.03. The molecule has 0 atom stereocenters. The number of halogens is 1. The zero-order valence-corrected chi connectivity index (χ0v) is 7.82. The molecule has 0 fully saturated rings. The molecular weight excluding hydrogens is 190 g/mol. The minimum absolute atomic E-state index is 0.295. The van der Waals surface area contributed by atoms with Gasteiger partial charge < -0.3 is 4.74 Å². The Morgan fingerprint density at radius 2 is 2.38 bits per heavy atom. The van der Waals surface area contributed by atoms with Crippen LogP contribution in [0.4, 0.5) is 0 Å². The minimum Gasteiger partial charge on any atom is -0.497 e. The predicted molar refractivity (Wildman–Crippen MR) is 49.9 cm³/mol. The van der Waals surface area contributed by atoms with Crippen molar-refractivity contribution < 1.29 is 4.74 Å². The zero-order valence-electron chi connectivity index (χ0n) is 7.07. The van der Waals surface area contributed by atoms with E-state index in [4.69, 9.17) is 16.3 Å². The van der Waals surface area contributed by atoms with E-state index in [1.54, 1.807) is 11.8 Å². The first kappa shape index (κ1) is 8.31. The van der Waals surface area contributed by atoms with Crippen LogP contribution >= 0.6 is 11.6 Å². The highest BCUT2D eigenvalue weighted by Crippen LogP contribution is 2.18. The quantitative estimate of drug-likeness (QED) is 0.688. The third-order valence-corrected chi connectivity index (χ3v) is 2.06. The van der Waals surface area contributed by atoms with Crippen molar-refractivity contribution in [3.63, 3.8) is 0 Å². The number of hydrogen-bond acceptors (Lipinski definition) is 3. The van der Waals surface area contributed by atoms with Gasteiger partial charge in [-0.2, -0.15) is 0 Å². The summed E-state index contributed by atoms with van der Waals surface area (Å²) < 4.78 is 6.69. The molecule has 0 saturated heterocycles. The predicted octanol–water partition coefficient (Wildman–Crippen LogP) is 1.64. The first-order valence-electron chi connectivity index (χ1n) is 3.78. The van der Waals surface area contributed by atoms with Gasteiger partial charge in [-0.1, -0.05) is 5.21 Å². The Morgan fingerprint density at radius 1 is 1.54 bits per heavy atom. The molecule has 2 rings (SSSR count). The highest BCUT2D eigenvalue weighted by molar-refractivity contribution is 6.15. The molecule has 1 heterocycles. The number of benzene rings is 1. The summed E-state index contributed by atoms with van der Waals surface area (Å²) in [7, 11) is 1.62. The van der Waals surface area contributed by atoms with Crippen LogP contribution in [0, 0.1) is 0 Å². The molecule has 0 aliphatic rings. The normalized spacial score (nSPS) is 10.6. The Bertz CT molecular complexity index is 426. The van der Waals surface area contributed by atoms with Gasteiger partial charge in [-0.15, -0.1) is 16.7 Å². The zero-order chi connectivity index (χ0) is 9.26. The van der Waals surface area contributed by atoms with E-state index in [1.165, 1.54) is 0 Å². The molecule has 4 nitrogen and oxygen atoms in total. The molecule has 0 aliphatic carbocycles. The fourth-order valence-electron chi connectivity index (χ4n) is 1.16. The molecule has 0 amide bonds. The van der Waals surface area contributed by atoms with Crippen LogP contribution in [-0.2, 0) is 6.00 Å². The van der Waals surface area contributed by atoms with Gasteiger partial charge in [0, 0.05) is 6.07 Å². The maximum absolute atomic E-state index is 5.66. The van der Waals surface area contributed by atoms with Gasteiger partial charge in [0.15, 0.2) is 0 Å². The second-order valence-electron chi connectivity index (χ2n) is 2.56. The molecule has 1 aromatic heterocycles. The van der Waals surface area contributed by atoms with Gasteiger partial charge in [-0.25, -0.2) is 4.68 Å². The molecule has 2 aromatic rings. The molecule has 0 aliphatic heterocycles. The molecule has 13 heavy (non-hydrogen) atoms. The Kier molecular flexibility index (Phi) is 2.06. The van der Waals surface area contributed by atoms with Crippen LogP contribution in [0.15, 0.2) is 18.2 Å². The lowest BCUT2D eigenvalue weighted by Crippen LogP contribution is -1.94. The molecule has 5 heteroatoms. The van der Waals surface area contributed by atoms with E-state index in [9.17, 15) is 0 Å². The van der Waals surface area contributed by atoms with Crippen molar-refractivity contribution in [3.05, 3.63) is 18.2 Å². The average molecular weight is 198 g/mol. The average Bonchev–Trinajstić information content (AvgIpc) is 2.59. The molecular formula is C8H8ClN3O. The van der Waals surface area contributed by atoms with Gasteiger partial charge in [0.25, 0.3) is 0 Å². The van der Waals surface area contributed by atoms with Crippen LogP contribution in [0.5, 0.6) is 5.75 Å². The smallest absolute Gasteiger partial charge is 0.121 e. The van der Waals surface area contributed by atoms with Crippen molar-refractivity contribution in [1.82, 2.24) is 15.0 Å². The Balaban J connectivity index is 2.64. The first-order chi connectivity index (χ1) is 6.35. The van der Waals surface area contributed by atoms with Crippen LogP contribution in [-0.4, -0.2) is 22.1 Å². The third kappa shape index (κ3) is 1.33. The van der Waals surface area contributed by atoms with E-state index in [0.717, 1.165) is 16.8 Å². The molecule has 1 aromatic carbocycles. The molecule has 0 saturated carbocycles. The number of fused-ring (bicyclic) bond motifs is 1. The van der Waals surface area contributed by atoms with Crippen LogP contribution in [0.25, 0.3) is 11.0 Å². The van der Waals surface area contributed by atoms with Crippen LogP contribution in [0.2, 0.25) is 0 Å². The summed E-state index contributed by atoms with van der Waals surface area (Å²) in [5, 5.41) is 7.81. The molecule has 0 radical (unpaired) electrons. The van der Waals surface area contributed by atoms with E-state index in [-0.39, 0.29) is 0 Å². The van der Waals surface area contributed by atoms with Crippen LogP contribution < -0.4 is 4.74 Å². The fourth-order valence-corrected chi connectivity index (χ4v) is 1.34. The monoisotopic (exact) mass is 197 g/mol. The topological polar surface area (TPSA) is 39.9 Å². The van der Waals surface area contributed by atoms with Gasteiger partial charge in [-0.05, 0) is 12.1 Å². The summed E-state index contributed by atoms with van der Waals surface area (Å²) in [4.78, 5) is 0. The molecule has 0 unspecified atom stereocenters. The van der Waals surface area contributed by atoms with Crippen molar-refractivity contribution in [2.45, 2.75) is 6.00 Å². The van der Waals surface area contributed by atoms with Crippen molar-refractivity contribution in [1.29, 1.82) is 0 Å². The molecule has 68 valence electrons. The van der Waals surface area contributed by atoms with Gasteiger partial charge in [0.1, 0.15) is 17.3 Å². The minimum atomic E-state index is 0.295. The molecule has 0 spiro atoms. The largest absolute Gasteiger partial charge is 0.497 e. The van der Waals surface area contributed by atoms with Gasteiger partial charge in [-0.3, -0.25) is 0 Å². The van der Waals surface area contributed by atoms with E-state index >= 15 is 0 Å². The second-order valence-corrected chi connectivity index (χ2v) is 2.80. The summed E-state index contributed by atoms with van der Waals surface area (Å²) in [6, 6.07) is 5.85. The Morgan fingerprint density at radius 3 is 3.08 bits per heavy atom.